The number of aromatic amines is 1. The van der Waals surface area contributed by atoms with Crippen LogP contribution in [0.25, 0.3) is 16.8 Å². The lowest BCUT2D eigenvalue weighted by atomic mass is 10.1. The Labute approximate surface area is 163 Å². The summed E-state index contributed by atoms with van der Waals surface area (Å²) in [6, 6.07) is 4.49. The van der Waals surface area contributed by atoms with Gasteiger partial charge >= 0.3 is 13.0 Å². The third-order valence-electron chi connectivity index (χ3n) is 3.76. The Bertz CT molecular complexity index is 1160. The van der Waals surface area contributed by atoms with Crippen LogP contribution in [0.3, 0.4) is 0 Å². The van der Waals surface area contributed by atoms with Crippen LogP contribution in [-0.2, 0) is 0 Å². The first-order valence-corrected chi connectivity index (χ1v) is 8.10. The zero-order chi connectivity index (χ0) is 21.3. The van der Waals surface area contributed by atoms with E-state index in [-0.39, 0.29) is 22.7 Å². The van der Waals surface area contributed by atoms with Crippen molar-refractivity contribution in [2.45, 2.75) is 13.0 Å². The van der Waals surface area contributed by atoms with E-state index in [1.807, 2.05) is 0 Å². The van der Waals surface area contributed by atoms with Gasteiger partial charge in [0.25, 0.3) is 0 Å². The molecule has 1 aromatic carbocycles. The van der Waals surface area contributed by atoms with E-state index in [0.717, 1.165) is 12.1 Å². The summed E-state index contributed by atoms with van der Waals surface area (Å²) in [4.78, 5) is 3.97. The fraction of sp³-hybridized carbons (Fsp3) is 0.125. The minimum atomic E-state index is -5.08. The van der Waals surface area contributed by atoms with Crippen LogP contribution in [0.1, 0.15) is 0 Å². The normalized spacial score (nSPS) is 11.8. The molecule has 0 amide bonds. The number of hydrogen-bond donors (Lipinski definition) is 2. The van der Waals surface area contributed by atoms with Crippen molar-refractivity contribution in [2.75, 3.05) is 5.32 Å². The maximum atomic E-state index is 12.9. The summed E-state index contributed by atoms with van der Waals surface area (Å²) in [5.41, 5.74) is 0.104. The highest BCUT2D eigenvalue weighted by Gasteiger charge is 2.33. The van der Waals surface area contributed by atoms with Gasteiger partial charge in [-0.3, -0.25) is 9.50 Å². The summed E-state index contributed by atoms with van der Waals surface area (Å²) < 4.78 is 73.1. The lowest BCUT2D eigenvalue weighted by Gasteiger charge is -2.15. The molecule has 0 atom stereocenters. The third kappa shape index (κ3) is 4.06. The molecule has 0 saturated carbocycles. The van der Waals surface area contributed by atoms with E-state index in [0.29, 0.717) is 11.9 Å². The summed E-state index contributed by atoms with van der Waals surface area (Å²) in [5, 5.41) is 17.3. The molecular weight excluding hydrogens is 417 g/mol. The van der Waals surface area contributed by atoms with Crippen LogP contribution in [0.5, 0.6) is 11.5 Å². The smallest absolute Gasteiger partial charge is 0.435 e. The maximum absolute atomic E-state index is 12.9. The summed E-state index contributed by atoms with van der Waals surface area (Å²) >= 11 is 0. The number of halogens is 5. The number of anilines is 2. The van der Waals surface area contributed by atoms with Crippen LogP contribution in [0.2, 0.25) is 0 Å². The highest BCUT2D eigenvalue weighted by atomic mass is 19.4. The van der Waals surface area contributed by atoms with Crippen molar-refractivity contribution in [3.05, 3.63) is 43.0 Å². The Morgan fingerprint density at radius 3 is 2.67 bits per heavy atom. The molecule has 3 heterocycles. The van der Waals surface area contributed by atoms with Crippen molar-refractivity contribution in [1.29, 1.82) is 0 Å². The molecule has 14 heteroatoms. The fourth-order valence-electron chi connectivity index (χ4n) is 2.64. The summed E-state index contributed by atoms with van der Waals surface area (Å²) in [5.74, 6) is -0.608. The number of fused-ring (bicyclic) bond motifs is 1. The highest BCUT2D eigenvalue weighted by molar-refractivity contribution is 5.81. The molecule has 0 radical (unpaired) electrons. The quantitative estimate of drug-likeness (QED) is 0.452. The second-order valence-corrected chi connectivity index (χ2v) is 5.70. The SMILES string of the molecule is FC(F)Oc1ccc(-c2nnc(Nc3ccn[nH]3)n3cncc23)c(OC(F)(F)F)c1. The summed E-state index contributed by atoms with van der Waals surface area (Å²) in [6.45, 7) is -3.22. The minimum absolute atomic E-state index is 0.0227. The van der Waals surface area contributed by atoms with E-state index in [9.17, 15) is 22.0 Å². The molecule has 0 unspecified atom stereocenters. The topological polar surface area (TPSA) is 102 Å². The van der Waals surface area contributed by atoms with E-state index in [2.05, 4.69) is 40.2 Å². The molecule has 0 aliphatic carbocycles. The molecule has 0 fully saturated rings. The van der Waals surface area contributed by atoms with Crippen molar-refractivity contribution in [1.82, 2.24) is 29.8 Å². The van der Waals surface area contributed by atoms with Crippen LogP contribution in [0.15, 0.2) is 43.0 Å². The van der Waals surface area contributed by atoms with Gasteiger partial charge in [0, 0.05) is 17.7 Å². The predicted octanol–water partition coefficient (Wildman–Crippen LogP) is 3.76. The van der Waals surface area contributed by atoms with Crippen molar-refractivity contribution in [3.8, 4) is 22.8 Å². The van der Waals surface area contributed by atoms with Crippen LogP contribution in [0, 0.1) is 0 Å². The van der Waals surface area contributed by atoms with Crippen molar-refractivity contribution in [2.24, 2.45) is 0 Å². The Hall–Kier alpha value is -3.97. The second kappa shape index (κ2) is 7.46. The van der Waals surface area contributed by atoms with Crippen molar-refractivity contribution < 1.29 is 31.4 Å². The van der Waals surface area contributed by atoms with Gasteiger partial charge in [-0.2, -0.15) is 13.9 Å². The molecule has 2 N–H and O–H groups in total. The van der Waals surface area contributed by atoms with Crippen LogP contribution < -0.4 is 14.8 Å². The number of rotatable bonds is 6. The fourth-order valence-corrected chi connectivity index (χ4v) is 2.64. The number of benzene rings is 1. The van der Waals surface area contributed by atoms with Crippen molar-refractivity contribution in [3.63, 3.8) is 0 Å². The minimum Gasteiger partial charge on any atom is -0.435 e. The third-order valence-corrected chi connectivity index (χ3v) is 3.76. The molecule has 0 aliphatic heterocycles. The highest BCUT2D eigenvalue weighted by Crippen LogP contribution is 2.38. The van der Waals surface area contributed by atoms with Crippen LogP contribution in [-0.4, -0.2) is 42.8 Å². The lowest BCUT2D eigenvalue weighted by Crippen LogP contribution is -2.18. The number of aromatic nitrogens is 6. The maximum Gasteiger partial charge on any atom is 0.573 e. The van der Waals surface area contributed by atoms with Gasteiger partial charge in [-0.25, -0.2) is 4.98 Å². The van der Waals surface area contributed by atoms with E-state index in [1.54, 1.807) is 6.07 Å². The number of imidazole rings is 1. The Balaban J connectivity index is 1.80. The zero-order valence-corrected chi connectivity index (χ0v) is 14.6. The first-order chi connectivity index (χ1) is 14.3. The average molecular weight is 427 g/mol. The second-order valence-electron chi connectivity index (χ2n) is 5.70. The molecule has 9 nitrogen and oxygen atoms in total. The number of nitrogens with zero attached hydrogens (tertiary/aromatic N) is 5. The van der Waals surface area contributed by atoms with E-state index in [1.165, 1.54) is 23.1 Å². The molecule has 156 valence electrons. The van der Waals surface area contributed by atoms with E-state index < -0.39 is 24.5 Å². The van der Waals surface area contributed by atoms with Crippen molar-refractivity contribution >= 4 is 17.3 Å². The summed E-state index contributed by atoms with van der Waals surface area (Å²) in [6.07, 6.45) is -0.864. The van der Waals surface area contributed by atoms with Gasteiger partial charge in [0.2, 0.25) is 5.95 Å². The number of nitrogens with one attached hydrogen (secondary N) is 2. The molecular formula is C16H10F5N7O2. The van der Waals surface area contributed by atoms with Crippen LogP contribution in [0.4, 0.5) is 33.7 Å². The summed E-state index contributed by atoms with van der Waals surface area (Å²) in [7, 11) is 0. The zero-order valence-electron chi connectivity index (χ0n) is 14.6. The molecule has 30 heavy (non-hydrogen) atoms. The number of ether oxygens (including phenoxy) is 2. The van der Waals surface area contributed by atoms with Gasteiger partial charge in [0.15, 0.2) is 0 Å². The monoisotopic (exact) mass is 427 g/mol. The molecule has 0 bridgehead atoms. The molecule has 4 rings (SSSR count). The van der Waals surface area contributed by atoms with Crippen LogP contribution >= 0.6 is 0 Å². The molecule has 0 spiro atoms. The molecule has 4 aromatic rings. The molecule has 3 aromatic heterocycles. The first kappa shape index (κ1) is 19.4. The Morgan fingerprint density at radius 1 is 1.13 bits per heavy atom. The van der Waals surface area contributed by atoms with Gasteiger partial charge in [0.05, 0.1) is 17.9 Å². The average Bonchev–Trinajstić information content (AvgIpc) is 3.33. The standard InChI is InChI=1S/C16H10F5N7O2/c17-14(18)29-8-1-2-9(11(5-8)30-16(19,20)21)13-10-6-22-7-28(10)15(27-26-13)24-12-3-4-23-25-12/h1-7,14H,(H2,23,24,25,27). The first-order valence-electron chi connectivity index (χ1n) is 8.10. The van der Waals surface area contributed by atoms with Gasteiger partial charge in [0.1, 0.15) is 29.3 Å². The number of H-pyrrole nitrogens is 1. The largest absolute Gasteiger partial charge is 0.573 e. The molecule has 0 aliphatic rings. The predicted molar refractivity (Wildman–Crippen MR) is 91.4 cm³/mol. The van der Waals surface area contributed by atoms with Gasteiger partial charge in [-0.05, 0) is 12.1 Å². The Morgan fingerprint density at radius 2 is 1.97 bits per heavy atom. The number of hydrogen-bond acceptors (Lipinski definition) is 7. The van der Waals surface area contributed by atoms with Gasteiger partial charge in [-0.1, -0.05) is 0 Å². The lowest BCUT2D eigenvalue weighted by molar-refractivity contribution is -0.274. The molecule has 0 saturated heterocycles. The van der Waals surface area contributed by atoms with Gasteiger partial charge < -0.3 is 14.8 Å². The Kier molecular flexibility index (Phi) is 4.81. The van der Waals surface area contributed by atoms with Gasteiger partial charge in [-0.15, -0.1) is 23.4 Å². The number of alkyl halides is 5. The van der Waals surface area contributed by atoms with E-state index in [4.69, 9.17) is 0 Å². The van der Waals surface area contributed by atoms with E-state index >= 15 is 0 Å².